The summed E-state index contributed by atoms with van der Waals surface area (Å²) in [5.74, 6) is 6.14. The third-order valence-electron chi connectivity index (χ3n) is 3.02. The molecule has 0 saturated carbocycles. The van der Waals surface area contributed by atoms with Gasteiger partial charge in [0.25, 0.3) is 0 Å². The van der Waals surface area contributed by atoms with Crippen LogP contribution in [0.5, 0.6) is 0 Å². The van der Waals surface area contributed by atoms with Gasteiger partial charge in [0.05, 0.1) is 11.8 Å². The first-order valence-electron chi connectivity index (χ1n) is 7.03. The van der Waals surface area contributed by atoms with Crippen LogP contribution in [-0.4, -0.2) is 11.0 Å². The summed E-state index contributed by atoms with van der Waals surface area (Å²) in [6, 6.07) is 14.8. The summed E-state index contributed by atoms with van der Waals surface area (Å²) < 4.78 is 10.3. The summed E-state index contributed by atoms with van der Waals surface area (Å²) in [7, 11) is 0. The van der Waals surface area contributed by atoms with E-state index in [2.05, 4.69) is 16.8 Å². The quantitative estimate of drug-likeness (QED) is 0.549. The van der Waals surface area contributed by atoms with Gasteiger partial charge in [-0.1, -0.05) is 30.0 Å². The Morgan fingerprint density at radius 1 is 1.04 bits per heavy atom. The van der Waals surface area contributed by atoms with Crippen LogP contribution in [0.15, 0.2) is 71.6 Å². The van der Waals surface area contributed by atoms with E-state index in [1.807, 2.05) is 30.3 Å². The van der Waals surface area contributed by atoms with Crippen LogP contribution in [0.4, 0.5) is 0 Å². The maximum Gasteiger partial charge on any atom is 0.340 e. The molecule has 0 unspecified atom stereocenters. The number of carbonyl (C=O) groups excluding carboxylic acids is 1. The molecule has 4 heteroatoms. The van der Waals surface area contributed by atoms with Crippen LogP contribution in [0.2, 0.25) is 0 Å². The number of nitrogens with zero attached hydrogens (tertiary/aromatic N) is 1. The van der Waals surface area contributed by atoms with Crippen LogP contribution < -0.4 is 0 Å². The van der Waals surface area contributed by atoms with E-state index in [4.69, 9.17) is 9.15 Å². The molecule has 0 aliphatic carbocycles. The molecule has 0 aliphatic heterocycles. The number of carbonyl (C=O) groups is 1. The normalized spacial score (nSPS) is 9.74. The number of benzene rings is 1. The fraction of sp³-hybridized carbons (Fsp3) is 0.0526. The molecule has 2 aromatic heterocycles. The lowest BCUT2D eigenvalue weighted by atomic mass is 10.2. The molecule has 2 heterocycles. The van der Waals surface area contributed by atoms with Crippen molar-refractivity contribution in [1.82, 2.24) is 4.98 Å². The fourth-order valence-corrected chi connectivity index (χ4v) is 1.90. The first kappa shape index (κ1) is 14.6. The molecule has 112 valence electrons. The lowest BCUT2D eigenvalue weighted by molar-refractivity contribution is 0.0445. The molecular weight excluding hydrogens is 290 g/mol. The van der Waals surface area contributed by atoms with E-state index in [-0.39, 0.29) is 6.61 Å². The van der Waals surface area contributed by atoms with Gasteiger partial charge < -0.3 is 9.15 Å². The Morgan fingerprint density at radius 3 is 2.65 bits per heavy atom. The van der Waals surface area contributed by atoms with Gasteiger partial charge in [0, 0.05) is 23.5 Å². The largest absolute Gasteiger partial charge is 0.466 e. The zero-order valence-electron chi connectivity index (χ0n) is 12.2. The SMILES string of the molecule is O=C(OCc1ccco1)c1cncc(C#Cc2ccccc2)c1. The van der Waals surface area contributed by atoms with Crippen molar-refractivity contribution < 1.29 is 13.9 Å². The molecule has 0 saturated heterocycles. The average Bonchev–Trinajstić information content (AvgIpc) is 3.12. The van der Waals surface area contributed by atoms with Crippen LogP contribution in [0.3, 0.4) is 0 Å². The second-order valence-corrected chi connectivity index (χ2v) is 4.73. The minimum atomic E-state index is -0.461. The van der Waals surface area contributed by atoms with Crippen LogP contribution in [-0.2, 0) is 11.3 Å². The number of pyridine rings is 1. The minimum absolute atomic E-state index is 0.0890. The van der Waals surface area contributed by atoms with Crippen molar-refractivity contribution in [3.8, 4) is 11.8 Å². The summed E-state index contributed by atoms with van der Waals surface area (Å²) in [4.78, 5) is 16.1. The van der Waals surface area contributed by atoms with E-state index in [0.29, 0.717) is 16.9 Å². The minimum Gasteiger partial charge on any atom is -0.466 e. The second kappa shape index (κ2) is 7.10. The van der Waals surface area contributed by atoms with Crippen molar-refractivity contribution in [2.24, 2.45) is 0 Å². The van der Waals surface area contributed by atoms with E-state index in [9.17, 15) is 4.79 Å². The monoisotopic (exact) mass is 303 g/mol. The zero-order valence-corrected chi connectivity index (χ0v) is 12.2. The standard InChI is InChI=1S/C19H13NO3/c21-19(23-14-18-7-4-10-22-18)17-11-16(12-20-13-17)9-8-15-5-2-1-3-6-15/h1-7,10-13H,14H2. The molecule has 0 aliphatic rings. The van der Waals surface area contributed by atoms with Gasteiger partial charge in [-0.15, -0.1) is 0 Å². The molecule has 0 fully saturated rings. The summed E-state index contributed by atoms with van der Waals surface area (Å²) in [6.07, 6.45) is 4.60. The molecular formula is C19H13NO3. The Morgan fingerprint density at radius 2 is 1.87 bits per heavy atom. The van der Waals surface area contributed by atoms with E-state index < -0.39 is 5.97 Å². The van der Waals surface area contributed by atoms with Gasteiger partial charge in [-0.05, 0) is 30.3 Å². The Kier molecular flexibility index (Phi) is 4.51. The number of rotatable bonds is 3. The first-order valence-corrected chi connectivity index (χ1v) is 7.03. The molecule has 4 nitrogen and oxygen atoms in total. The lowest BCUT2D eigenvalue weighted by Crippen LogP contribution is -2.05. The Hall–Kier alpha value is -3.32. The summed E-state index contributed by atoms with van der Waals surface area (Å²) >= 11 is 0. The molecule has 0 bridgehead atoms. The Labute approximate surface area is 133 Å². The van der Waals surface area contributed by atoms with E-state index in [1.165, 1.54) is 12.5 Å². The van der Waals surface area contributed by atoms with Crippen molar-refractivity contribution in [3.63, 3.8) is 0 Å². The topological polar surface area (TPSA) is 52.3 Å². The van der Waals surface area contributed by atoms with Crippen molar-refractivity contribution in [1.29, 1.82) is 0 Å². The van der Waals surface area contributed by atoms with Gasteiger partial charge in [0.1, 0.15) is 12.4 Å². The molecule has 3 rings (SSSR count). The number of furan rings is 1. The molecule has 0 amide bonds. The van der Waals surface area contributed by atoms with Crippen LogP contribution in [0, 0.1) is 11.8 Å². The van der Waals surface area contributed by atoms with Crippen molar-refractivity contribution in [2.45, 2.75) is 6.61 Å². The van der Waals surface area contributed by atoms with Gasteiger partial charge in [-0.3, -0.25) is 4.98 Å². The summed E-state index contributed by atoms with van der Waals surface area (Å²) in [5.41, 5.74) is 1.91. The molecule has 0 N–H and O–H groups in total. The fourth-order valence-electron chi connectivity index (χ4n) is 1.90. The van der Waals surface area contributed by atoms with Gasteiger partial charge in [0.2, 0.25) is 0 Å². The van der Waals surface area contributed by atoms with Crippen LogP contribution in [0.1, 0.15) is 27.2 Å². The van der Waals surface area contributed by atoms with E-state index in [1.54, 1.807) is 24.4 Å². The van der Waals surface area contributed by atoms with Crippen molar-refractivity contribution in [3.05, 3.63) is 89.6 Å². The molecule has 23 heavy (non-hydrogen) atoms. The van der Waals surface area contributed by atoms with Crippen LogP contribution in [0.25, 0.3) is 0 Å². The number of hydrogen-bond donors (Lipinski definition) is 0. The highest BCUT2D eigenvalue weighted by molar-refractivity contribution is 5.89. The third kappa shape index (κ3) is 4.08. The third-order valence-corrected chi connectivity index (χ3v) is 3.02. The van der Waals surface area contributed by atoms with E-state index >= 15 is 0 Å². The van der Waals surface area contributed by atoms with Crippen LogP contribution >= 0.6 is 0 Å². The lowest BCUT2D eigenvalue weighted by Gasteiger charge is -2.02. The van der Waals surface area contributed by atoms with Gasteiger partial charge >= 0.3 is 5.97 Å². The number of ether oxygens (including phenoxy) is 1. The van der Waals surface area contributed by atoms with E-state index in [0.717, 1.165) is 5.56 Å². The average molecular weight is 303 g/mol. The van der Waals surface area contributed by atoms with Crippen molar-refractivity contribution >= 4 is 5.97 Å². The maximum atomic E-state index is 12.0. The molecule has 1 aromatic carbocycles. The van der Waals surface area contributed by atoms with Gasteiger partial charge in [-0.25, -0.2) is 4.79 Å². The second-order valence-electron chi connectivity index (χ2n) is 4.73. The highest BCUT2D eigenvalue weighted by Crippen LogP contribution is 2.08. The highest BCUT2D eigenvalue weighted by atomic mass is 16.5. The molecule has 0 atom stereocenters. The summed E-state index contributed by atoms with van der Waals surface area (Å²) in [5, 5.41) is 0. The highest BCUT2D eigenvalue weighted by Gasteiger charge is 2.09. The predicted octanol–water partition coefficient (Wildman–Crippen LogP) is 3.43. The number of aromatic nitrogens is 1. The number of hydrogen-bond acceptors (Lipinski definition) is 4. The zero-order chi connectivity index (χ0) is 15.9. The Balaban J connectivity index is 1.70. The summed E-state index contributed by atoms with van der Waals surface area (Å²) in [6.45, 7) is 0.0890. The smallest absolute Gasteiger partial charge is 0.340 e. The Bertz CT molecular complexity index is 843. The maximum absolute atomic E-state index is 12.0. The van der Waals surface area contributed by atoms with Crippen molar-refractivity contribution in [2.75, 3.05) is 0 Å². The molecule has 0 spiro atoms. The number of esters is 1. The van der Waals surface area contributed by atoms with Gasteiger partial charge in [0.15, 0.2) is 0 Å². The first-order chi connectivity index (χ1) is 11.3. The molecule has 3 aromatic rings. The predicted molar refractivity (Wildman–Crippen MR) is 84.5 cm³/mol. The van der Waals surface area contributed by atoms with Gasteiger partial charge in [-0.2, -0.15) is 0 Å². The molecule has 0 radical (unpaired) electrons.